The molecule has 2 aromatic carbocycles. The molecule has 0 aromatic heterocycles. The van der Waals surface area contributed by atoms with Gasteiger partial charge in [-0.25, -0.2) is 0 Å². The van der Waals surface area contributed by atoms with E-state index in [0.717, 1.165) is 11.3 Å². The van der Waals surface area contributed by atoms with Crippen LogP contribution in [0.2, 0.25) is 0 Å². The number of nitrogens with one attached hydrogen (secondary N) is 2. The van der Waals surface area contributed by atoms with Crippen LogP contribution in [-0.2, 0) is 16.2 Å². The van der Waals surface area contributed by atoms with Crippen LogP contribution in [0.25, 0.3) is 0 Å². The number of ether oxygens (including phenoxy) is 1. The maximum atomic E-state index is 11.8. The molecule has 25 heavy (non-hydrogen) atoms. The molecule has 2 rings (SSSR count). The highest BCUT2D eigenvalue weighted by molar-refractivity contribution is 5.94. The van der Waals surface area contributed by atoms with E-state index >= 15 is 0 Å². The third-order valence-corrected chi connectivity index (χ3v) is 3.43. The van der Waals surface area contributed by atoms with E-state index in [-0.39, 0.29) is 24.3 Å². The lowest BCUT2D eigenvalue weighted by atomic mass is 10.1. The molecule has 132 valence electrons. The molecule has 0 aliphatic heterocycles. The maximum absolute atomic E-state index is 11.8. The Morgan fingerprint density at radius 3 is 2.28 bits per heavy atom. The first kappa shape index (κ1) is 18.5. The molecule has 0 atom stereocenters. The van der Waals surface area contributed by atoms with Crippen molar-refractivity contribution in [1.82, 2.24) is 5.32 Å². The number of anilines is 1. The fraction of sp³-hybridized carbons (Fsp3) is 0.300. The van der Waals surface area contributed by atoms with Gasteiger partial charge in [-0.1, -0.05) is 44.2 Å². The van der Waals surface area contributed by atoms with Gasteiger partial charge in [-0.2, -0.15) is 0 Å². The van der Waals surface area contributed by atoms with Gasteiger partial charge in [0.05, 0.1) is 6.54 Å². The predicted molar refractivity (Wildman–Crippen MR) is 98.3 cm³/mol. The van der Waals surface area contributed by atoms with Crippen molar-refractivity contribution in [1.29, 1.82) is 0 Å². The number of rotatable bonds is 8. The Labute approximate surface area is 148 Å². The Bertz CT molecular complexity index is 682. The zero-order chi connectivity index (χ0) is 18.1. The normalized spacial score (nSPS) is 10.4. The quantitative estimate of drug-likeness (QED) is 0.774. The number of benzene rings is 2. The maximum Gasteiger partial charge on any atom is 0.243 e. The van der Waals surface area contributed by atoms with Gasteiger partial charge >= 0.3 is 0 Å². The van der Waals surface area contributed by atoms with Gasteiger partial charge in [0, 0.05) is 12.1 Å². The summed E-state index contributed by atoms with van der Waals surface area (Å²) >= 11 is 0. The molecule has 0 radical (unpaired) electrons. The molecule has 0 heterocycles. The van der Waals surface area contributed by atoms with Crippen molar-refractivity contribution in [3.05, 3.63) is 60.2 Å². The molecule has 5 nitrogen and oxygen atoms in total. The molecule has 0 aliphatic carbocycles. The number of hydrogen-bond acceptors (Lipinski definition) is 3. The minimum absolute atomic E-state index is 0.0299. The zero-order valence-corrected chi connectivity index (χ0v) is 14.6. The fourth-order valence-electron chi connectivity index (χ4n) is 2.20. The molecule has 2 N–H and O–H groups in total. The second-order valence-corrected chi connectivity index (χ2v) is 6.22. The van der Waals surface area contributed by atoms with E-state index in [1.807, 2.05) is 44.2 Å². The monoisotopic (exact) mass is 340 g/mol. The summed E-state index contributed by atoms with van der Waals surface area (Å²) in [6, 6.07) is 17.1. The third-order valence-electron chi connectivity index (χ3n) is 3.43. The molecule has 5 heteroatoms. The van der Waals surface area contributed by atoms with Crippen molar-refractivity contribution in [2.24, 2.45) is 5.92 Å². The van der Waals surface area contributed by atoms with Crippen LogP contribution < -0.4 is 15.4 Å². The molecular weight excluding hydrogens is 316 g/mol. The topological polar surface area (TPSA) is 67.4 Å². The number of amides is 2. The Hall–Kier alpha value is -2.82. The summed E-state index contributed by atoms with van der Waals surface area (Å²) in [5, 5.41) is 5.35. The SMILES string of the molecule is CC(C)CC(=O)NCC(=O)Nc1ccc(OCc2ccccc2)cc1. The smallest absolute Gasteiger partial charge is 0.243 e. The van der Waals surface area contributed by atoms with Crippen molar-refractivity contribution in [3.63, 3.8) is 0 Å². The molecule has 0 fully saturated rings. The minimum Gasteiger partial charge on any atom is -0.489 e. The van der Waals surface area contributed by atoms with Gasteiger partial charge in [0.25, 0.3) is 0 Å². The number of carbonyl (C=O) groups is 2. The molecule has 0 bridgehead atoms. The largest absolute Gasteiger partial charge is 0.489 e. The van der Waals surface area contributed by atoms with E-state index in [1.165, 1.54) is 0 Å². The van der Waals surface area contributed by atoms with E-state index in [9.17, 15) is 9.59 Å². The van der Waals surface area contributed by atoms with Crippen molar-refractivity contribution in [2.45, 2.75) is 26.9 Å². The van der Waals surface area contributed by atoms with Crippen LogP contribution in [0.3, 0.4) is 0 Å². The lowest BCUT2D eigenvalue weighted by molar-refractivity contribution is -0.124. The van der Waals surface area contributed by atoms with Gasteiger partial charge in [0.2, 0.25) is 11.8 Å². The second-order valence-electron chi connectivity index (χ2n) is 6.22. The van der Waals surface area contributed by atoms with Crippen LogP contribution in [0.4, 0.5) is 5.69 Å². The molecule has 0 spiro atoms. The van der Waals surface area contributed by atoms with Gasteiger partial charge in [0.15, 0.2) is 0 Å². The highest BCUT2D eigenvalue weighted by atomic mass is 16.5. The van der Waals surface area contributed by atoms with Crippen molar-refractivity contribution >= 4 is 17.5 Å². The van der Waals surface area contributed by atoms with E-state index < -0.39 is 0 Å². The summed E-state index contributed by atoms with van der Waals surface area (Å²) in [4.78, 5) is 23.4. The van der Waals surface area contributed by atoms with E-state index in [4.69, 9.17) is 4.74 Å². The molecule has 0 aliphatic rings. The summed E-state index contributed by atoms with van der Waals surface area (Å²) in [7, 11) is 0. The molecule has 2 amide bonds. The fourth-order valence-corrected chi connectivity index (χ4v) is 2.20. The van der Waals surface area contributed by atoms with Gasteiger partial charge in [-0.15, -0.1) is 0 Å². The van der Waals surface area contributed by atoms with Gasteiger partial charge in [0.1, 0.15) is 12.4 Å². The van der Waals surface area contributed by atoms with Crippen LogP contribution >= 0.6 is 0 Å². The molecule has 0 saturated heterocycles. The molecule has 0 unspecified atom stereocenters. The Balaban J connectivity index is 1.75. The third kappa shape index (κ3) is 7.08. The predicted octanol–water partition coefficient (Wildman–Crippen LogP) is 3.37. The first-order valence-corrected chi connectivity index (χ1v) is 8.36. The highest BCUT2D eigenvalue weighted by Crippen LogP contribution is 2.17. The van der Waals surface area contributed by atoms with E-state index in [2.05, 4.69) is 10.6 Å². The summed E-state index contributed by atoms with van der Waals surface area (Å²) in [5.41, 5.74) is 1.76. The van der Waals surface area contributed by atoms with Crippen LogP contribution in [0.1, 0.15) is 25.8 Å². The zero-order valence-electron chi connectivity index (χ0n) is 14.6. The summed E-state index contributed by atoms with van der Waals surface area (Å²) in [6.45, 7) is 4.38. The first-order valence-electron chi connectivity index (χ1n) is 8.36. The highest BCUT2D eigenvalue weighted by Gasteiger charge is 2.07. The van der Waals surface area contributed by atoms with Gasteiger partial charge in [-0.05, 0) is 35.7 Å². The van der Waals surface area contributed by atoms with Crippen LogP contribution in [0, 0.1) is 5.92 Å². The average molecular weight is 340 g/mol. The standard InChI is InChI=1S/C20H24N2O3/c1-15(2)12-19(23)21-13-20(24)22-17-8-10-18(11-9-17)25-14-16-6-4-3-5-7-16/h3-11,15H,12-14H2,1-2H3,(H,21,23)(H,22,24). The van der Waals surface area contributed by atoms with Crippen molar-refractivity contribution < 1.29 is 14.3 Å². The molecule has 0 saturated carbocycles. The van der Waals surface area contributed by atoms with E-state index in [0.29, 0.717) is 18.7 Å². The van der Waals surface area contributed by atoms with Gasteiger partial charge in [-0.3, -0.25) is 9.59 Å². The molecule has 2 aromatic rings. The second kappa shape index (κ2) is 9.47. The molecular formula is C20H24N2O3. The van der Waals surface area contributed by atoms with Crippen LogP contribution in [-0.4, -0.2) is 18.4 Å². The van der Waals surface area contributed by atoms with Crippen molar-refractivity contribution in [2.75, 3.05) is 11.9 Å². The number of carbonyl (C=O) groups excluding carboxylic acids is 2. The van der Waals surface area contributed by atoms with Crippen molar-refractivity contribution in [3.8, 4) is 5.75 Å². The Morgan fingerprint density at radius 2 is 1.64 bits per heavy atom. The van der Waals surface area contributed by atoms with Crippen LogP contribution in [0.15, 0.2) is 54.6 Å². The summed E-state index contributed by atoms with van der Waals surface area (Å²) in [5.74, 6) is 0.628. The van der Waals surface area contributed by atoms with Crippen LogP contribution in [0.5, 0.6) is 5.75 Å². The Kier molecular flexibility index (Phi) is 7.01. The average Bonchev–Trinajstić information content (AvgIpc) is 2.60. The summed E-state index contributed by atoms with van der Waals surface area (Å²) in [6.07, 6.45) is 0.417. The summed E-state index contributed by atoms with van der Waals surface area (Å²) < 4.78 is 5.70. The van der Waals surface area contributed by atoms with Gasteiger partial charge < -0.3 is 15.4 Å². The lowest BCUT2D eigenvalue weighted by Gasteiger charge is -2.09. The first-order chi connectivity index (χ1) is 12.0. The number of hydrogen-bond donors (Lipinski definition) is 2. The minimum atomic E-state index is -0.255. The lowest BCUT2D eigenvalue weighted by Crippen LogP contribution is -2.33. The Morgan fingerprint density at radius 1 is 0.960 bits per heavy atom. The van der Waals surface area contributed by atoms with E-state index in [1.54, 1.807) is 24.3 Å².